The number of nitrogens with zero attached hydrogens (tertiary/aromatic N) is 2. The van der Waals surface area contributed by atoms with Crippen LogP contribution < -0.4 is 5.69 Å². The fourth-order valence-electron chi connectivity index (χ4n) is 2.70. The molecule has 0 saturated heterocycles. The topological polar surface area (TPSA) is 61.1 Å². The van der Waals surface area contributed by atoms with Crippen LogP contribution >= 0.6 is 0 Å². The summed E-state index contributed by atoms with van der Waals surface area (Å²) in [6.07, 6.45) is -2.65. The summed E-state index contributed by atoms with van der Waals surface area (Å²) < 4.78 is 64.6. The summed E-state index contributed by atoms with van der Waals surface area (Å²) in [7, 11) is -3.91. The lowest BCUT2D eigenvalue weighted by molar-refractivity contribution is -0.137. The van der Waals surface area contributed by atoms with Gasteiger partial charge >= 0.3 is 11.9 Å². The third kappa shape index (κ3) is 3.97. The molecule has 142 valence electrons. The van der Waals surface area contributed by atoms with Crippen molar-refractivity contribution in [3.8, 4) is 11.3 Å². The molecule has 0 N–H and O–H groups in total. The largest absolute Gasteiger partial charge is 0.416 e. The number of rotatable bonds is 4. The Balaban J connectivity index is 2.22. The third-order valence-corrected chi connectivity index (χ3v) is 4.95. The highest BCUT2D eigenvalue weighted by Crippen LogP contribution is 2.32. The van der Waals surface area contributed by atoms with Crippen LogP contribution in [-0.2, 0) is 22.7 Å². The van der Waals surface area contributed by atoms with Gasteiger partial charge in [-0.1, -0.05) is 42.5 Å². The zero-order chi connectivity index (χ0) is 19.8. The second kappa shape index (κ2) is 6.73. The van der Waals surface area contributed by atoms with Gasteiger partial charge in [0, 0.05) is 5.56 Å². The molecule has 27 heavy (non-hydrogen) atoms. The molecule has 0 saturated carbocycles. The first-order valence-corrected chi connectivity index (χ1v) is 9.66. The van der Waals surface area contributed by atoms with Crippen LogP contribution in [0.4, 0.5) is 13.2 Å². The number of aromatic nitrogens is 2. The van der Waals surface area contributed by atoms with E-state index in [4.69, 9.17) is 0 Å². The van der Waals surface area contributed by atoms with E-state index in [0.717, 1.165) is 29.2 Å². The Bertz CT molecular complexity index is 1130. The lowest BCUT2D eigenvalue weighted by Crippen LogP contribution is -2.29. The fourth-order valence-corrected chi connectivity index (χ4v) is 3.37. The first-order valence-electron chi connectivity index (χ1n) is 7.81. The summed E-state index contributed by atoms with van der Waals surface area (Å²) in [5, 5.41) is 0. The first-order chi connectivity index (χ1) is 12.6. The lowest BCUT2D eigenvalue weighted by atomic mass is 10.1. The van der Waals surface area contributed by atoms with Crippen molar-refractivity contribution in [3.05, 3.63) is 82.4 Å². The van der Waals surface area contributed by atoms with E-state index in [1.54, 1.807) is 30.3 Å². The van der Waals surface area contributed by atoms with Gasteiger partial charge in [-0.2, -0.15) is 17.1 Å². The van der Waals surface area contributed by atoms with E-state index >= 15 is 0 Å². The number of alkyl halides is 3. The first kappa shape index (κ1) is 19.0. The normalized spacial score (nSPS) is 12.3. The van der Waals surface area contributed by atoms with Crippen molar-refractivity contribution >= 4 is 10.0 Å². The Morgan fingerprint density at radius 2 is 1.67 bits per heavy atom. The molecular formula is C18H15F3N2O3S. The maximum atomic E-state index is 13.0. The highest BCUT2D eigenvalue weighted by atomic mass is 32.2. The summed E-state index contributed by atoms with van der Waals surface area (Å²) in [6, 6.07) is 13.2. The zero-order valence-corrected chi connectivity index (χ0v) is 15.0. The van der Waals surface area contributed by atoms with Crippen LogP contribution in [0.3, 0.4) is 0 Å². The molecule has 3 aromatic rings. The fraction of sp³-hybridized carbons (Fsp3) is 0.167. The summed E-state index contributed by atoms with van der Waals surface area (Å²) >= 11 is 0. The lowest BCUT2D eigenvalue weighted by Gasteiger charge is -2.10. The van der Waals surface area contributed by atoms with Crippen LogP contribution in [-0.4, -0.2) is 23.2 Å². The molecule has 0 unspecified atom stereocenters. The minimum Gasteiger partial charge on any atom is -0.287 e. The van der Waals surface area contributed by atoms with Crippen molar-refractivity contribution in [1.29, 1.82) is 0 Å². The van der Waals surface area contributed by atoms with E-state index in [0.29, 0.717) is 9.54 Å². The van der Waals surface area contributed by atoms with Gasteiger partial charge in [-0.25, -0.2) is 13.2 Å². The van der Waals surface area contributed by atoms with E-state index in [2.05, 4.69) is 0 Å². The van der Waals surface area contributed by atoms with E-state index < -0.39 is 27.5 Å². The van der Waals surface area contributed by atoms with Gasteiger partial charge in [0.15, 0.2) is 0 Å². The predicted molar refractivity (Wildman–Crippen MR) is 94.9 cm³/mol. The van der Waals surface area contributed by atoms with Gasteiger partial charge in [-0.3, -0.25) is 4.57 Å². The molecular weight excluding hydrogens is 381 g/mol. The molecule has 0 aliphatic rings. The number of benzene rings is 2. The van der Waals surface area contributed by atoms with E-state index in [1.807, 2.05) is 0 Å². The van der Waals surface area contributed by atoms with Crippen molar-refractivity contribution in [3.63, 3.8) is 0 Å². The number of hydrogen-bond donors (Lipinski definition) is 0. The highest BCUT2D eigenvalue weighted by molar-refractivity contribution is 7.89. The number of hydrogen-bond acceptors (Lipinski definition) is 3. The second-order valence-corrected chi connectivity index (χ2v) is 7.87. The summed E-state index contributed by atoms with van der Waals surface area (Å²) in [5.74, 6) is 0. The maximum Gasteiger partial charge on any atom is 0.416 e. The Morgan fingerprint density at radius 3 is 2.26 bits per heavy atom. The van der Waals surface area contributed by atoms with E-state index in [-0.39, 0.29) is 17.8 Å². The van der Waals surface area contributed by atoms with Gasteiger partial charge in [0.1, 0.15) is 0 Å². The highest BCUT2D eigenvalue weighted by Gasteiger charge is 2.31. The number of imidazole rings is 1. The average Bonchev–Trinajstić information content (AvgIpc) is 2.92. The van der Waals surface area contributed by atoms with Gasteiger partial charge in [0.25, 0.3) is 0 Å². The minimum atomic E-state index is -4.56. The quantitative estimate of drug-likeness (QED) is 0.681. The molecule has 9 heteroatoms. The van der Waals surface area contributed by atoms with Crippen LogP contribution in [0.2, 0.25) is 0 Å². The molecule has 1 heterocycles. The van der Waals surface area contributed by atoms with Crippen molar-refractivity contribution < 1.29 is 21.6 Å². The Morgan fingerprint density at radius 1 is 1.00 bits per heavy atom. The Hall–Kier alpha value is -2.81. The van der Waals surface area contributed by atoms with Crippen LogP contribution in [0.5, 0.6) is 0 Å². The van der Waals surface area contributed by atoms with Gasteiger partial charge < -0.3 is 0 Å². The zero-order valence-electron chi connectivity index (χ0n) is 14.1. The van der Waals surface area contributed by atoms with Crippen molar-refractivity contribution in [2.45, 2.75) is 12.7 Å². The SMILES string of the molecule is CS(=O)(=O)n1cc(-c2cccc(C(F)(F)F)c2)n(Cc2ccccc2)c1=O. The Kier molecular flexibility index (Phi) is 4.73. The van der Waals surface area contributed by atoms with Crippen molar-refractivity contribution in [1.82, 2.24) is 8.54 Å². The molecule has 0 bridgehead atoms. The van der Waals surface area contributed by atoms with Crippen LogP contribution in [0.1, 0.15) is 11.1 Å². The molecule has 0 atom stereocenters. The summed E-state index contributed by atoms with van der Waals surface area (Å²) in [4.78, 5) is 12.6. The smallest absolute Gasteiger partial charge is 0.287 e. The minimum absolute atomic E-state index is 0.0216. The van der Waals surface area contributed by atoms with E-state index in [1.165, 1.54) is 12.1 Å². The van der Waals surface area contributed by atoms with Crippen molar-refractivity contribution in [2.24, 2.45) is 0 Å². The second-order valence-electron chi connectivity index (χ2n) is 6.01. The number of halogens is 3. The molecule has 0 radical (unpaired) electrons. The summed E-state index contributed by atoms with van der Waals surface area (Å²) in [6.45, 7) is 0.0216. The molecule has 5 nitrogen and oxygen atoms in total. The molecule has 0 aliphatic carbocycles. The van der Waals surface area contributed by atoms with Gasteiger partial charge in [0.05, 0.1) is 30.3 Å². The molecule has 0 fully saturated rings. The van der Waals surface area contributed by atoms with Gasteiger partial charge in [-0.05, 0) is 17.7 Å². The maximum absolute atomic E-state index is 13.0. The van der Waals surface area contributed by atoms with Crippen molar-refractivity contribution in [2.75, 3.05) is 6.26 Å². The Labute approximate surface area is 153 Å². The van der Waals surface area contributed by atoms with Crippen LogP contribution in [0.15, 0.2) is 65.6 Å². The average molecular weight is 396 g/mol. The van der Waals surface area contributed by atoms with Crippen LogP contribution in [0, 0.1) is 0 Å². The molecule has 1 aromatic heterocycles. The summed E-state index contributed by atoms with van der Waals surface area (Å²) in [5.41, 5.74) is -0.834. The molecule has 3 rings (SSSR count). The van der Waals surface area contributed by atoms with Crippen LogP contribution in [0.25, 0.3) is 11.3 Å². The van der Waals surface area contributed by atoms with Gasteiger partial charge in [-0.15, -0.1) is 0 Å². The monoisotopic (exact) mass is 396 g/mol. The molecule has 2 aromatic carbocycles. The predicted octanol–water partition coefficient (Wildman–Crippen LogP) is 3.19. The molecule has 0 spiro atoms. The standard InChI is InChI=1S/C18H15F3N2O3S/c1-27(25,26)23-12-16(14-8-5-9-15(10-14)18(19,20)21)22(17(23)24)11-13-6-3-2-4-7-13/h2-10,12H,11H2,1H3. The molecule has 0 amide bonds. The molecule has 0 aliphatic heterocycles. The van der Waals surface area contributed by atoms with E-state index in [9.17, 15) is 26.4 Å². The van der Waals surface area contributed by atoms with Gasteiger partial charge in [0.2, 0.25) is 10.0 Å². The third-order valence-electron chi connectivity index (χ3n) is 3.98.